The minimum Gasteiger partial charge on any atom is -0.303 e. The topological polar surface area (TPSA) is 29.1 Å². The lowest BCUT2D eigenvalue weighted by molar-refractivity contribution is -0.121. The molecule has 1 aliphatic rings. The summed E-state index contributed by atoms with van der Waals surface area (Å²) in [7, 11) is 0. The number of carbonyl (C=O) groups excluding carboxylic acids is 1. The Bertz CT molecular complexity index is 411. The van der Waals surface area contributed by atoms with E-state index in [1.54, 1.807) is 0 Å². The van der Waals surface area contributed by atoms with Gasteiger partial charge in [0.2, 0.25) is 0 Å². The number of benzene rings is 1. The Morgan fingerprint density at radius 1 is 1.33 bits per heavy atom. The van der Waals surface area contributed by atoms with Gasteiger partial charge >= 0.3 is 0 Å². The van der Waals surface area contributed by atoms with Gasteiger partial charge < -0.3 is 5.32 Å². The Balaban J connectivity index is 1.87. The molecule has 2 nitrogen and oxygen atoms in total. The second kappa shape index (κ2) is 6.14. The molecule has 0 saturated carbocycles. The van der Waals surface area contributed by atoms with E-state index in [2.05, 4.69) is 43.4 Å². The van der Waals surface area contributed by atoms with Crippen molar-refractivity contribution in [2.24, 2.45) is 5.92 Å². The predicted molar refractivity (Wildman–Crippen MR) is 74.5 cm³/mol. The van der Waals surface area contributed by atoms with Crippen LogP contribution in [0.25, 0.3) is 0 Å². The number of hydrogen-bond donors (Lipinski definition) is 1. The molecule has 0 fully saturated rings. The average molecular weight is 245 g/mol. The monoisotopic (exact) mass is 245 g/mol. The molecule has 0 bridgehead atoms. The molecular formula is C16H23NO. The molecule has 1 atom stereocenters. The fourth-order valence-electron chi connectivity index (χ4n) is 2.54. The Morgan fingerprint density at radius 2 is 2.06 bits per heavy atom. The maximum atomic E-state index is 12.1. The van der Waals surface area contributed by atoms with Gasteiger partial charge in [-0.3, -0.25) is 4.79 Å². The highest BCUT2D eigenvalue weighted by Crippen LogP contribution is 2.18. The number of Topliss-reactive ketones (excluding diaryl/α,β-unsaturated/α-hetero) is 1. The summed E-state index contributed by atoms with van der Waals surface area (Å²) in [5.74, 6) is 1.07. The summed E-state index contributed by atoms with van der Waals surface area (Å²) >= 11 is 0. The van der Waals surface area contributed by atoms with Crippen LogP contribution in [0.4, 0.5) is 0 Å². The van der Waals surface area contributed by atoms with Gasteiger partial charge in [-0.05, 0) is 29.9 Å². The van der Waals surface area contributed by atoms with E-state index >= 15 is 0 Å². The summed E-state index contributed by atoms with van der Waals surface area (Å²) in [6, 6.07) is 8.44. The van der Waals surface area contributed by atoms with Crippen LogP contribution in [0.5, 0.6) is 0 Å². The maximum Gasteiger partial charge on any atom is 0.150 e. The fraction of sp³-hybridized carbons (Fsp3) is 0.562. The smallest absolute Gasteiger partial charge is 0.150 e. The molecule has 1 aromatic carbocycles. The molecule has 98 valence electrons. The van der Waals surface area contributed by atoms with Crippen LogP contribution in [0, 0.1) is 5.92 Å². The first kappa shape index (κ1) is 13.3. The van der Waals surface area contributed by atoms with Gasteiger partial charge in [0, 0.05) is 13.0 Å². The van der Waals surface area contributed by atoms with E-state index < -0.39 is 0 Å². The fourth-order valence-corrected chi connectivity index (χ4v) is 2.54. The third-order valence-electron chi connectivity index (χ3n) is 3.67. The number of ketones is 1. The van der Waals surface area contributed by atoms with Gasteiger partial charge in [0.15, 0.2) is 0 Å². The number of carbonyl (C=O) groups is 1. The molecule has 2 heteroatoms. The molecule has 1 N–H and O–H groups in total. The second-order valence-electron chi connectivity index (χ2n) is 5.66. The Hall–Kier alpha value is -1.15. The van der Waals surface area contributed by atoms with E-state index in [1.165, 1.54) is 11.1 Å². The molecule has 1 heterocycles. The van der Waals surface area contributed by atoms with Gasteiger partial charge in [0.1, 0.15) is 5.78 Å². The van der Waals surface area contributed by atoms with E-state index in [0.717, 1.165) is 32.2 Å². The Morgan fingerprint density at radius 3 is 2.78 bits per heavy atom. The van der Waals surface area contributed by atoms with Crippen molar-refractivity contribution in [2.75, 3.05) is 0 Å². The van der Waals surface area contributed by atoms with Gasteiger partial charge in [-0.15, -0.1) is 0 Å². The average Bonchev–Trinajstić information content (AvgIpc) is 2.37. The zero-order chi connectivity index (χ0) is 13.0. The van der Waals surface area contributed by atoms with Crippen molar-refractivity contribution in [3.63, 3.8) is 0 Å². The van der Waals surface area contributed by atoms with Crippen molar-refractivity contribution in [1.82, 2.24) is 5.32 Å². The molecule has 0 amide bonds. The standard InChI is InChI=1S/C16H23NO/c1-12(2)6-5-9-16(18)15-10-13-7-3-4-8-14(13)11-17-15/h3-4,7-8,12,15,17H,5-6,9-11H2,1-2H3. The molecule has 2 rings (SSSR count). The van der Waals surface area contributed by atoms with Gasteiger partial charge in [-0.2, -0.15) is 0 Å². The van der Waals surface area contributed by atoms with E-state index in [0.29, 0.717) is 11.7 Å². The summed E-state index contributed by atoms with van der Waals surface area (Å²) in [6.07, 6.45) is 3.75. The van der Waals surface area contributed by atoms with Crippen LogP contribution in [0.15, 0.2) is 24.3 Å². The van der Waals surface area contributed by atoms with E-state index in [9.17, 15) is 4.79 Å². The number of nitrogens with one attached hydrogen (secondary N) is 1. The minimum absolute atomic E-state index is 0.0343. The highest BCUT2D eigenvalue weighted by molar-refractivity contribution is 5.84. The zero-order valence-corrected chi connectivity index (χ0v) is 11.4. The highest BCUT2D eigenvalue weighted by Gasteiger charge is 2.23. The lowest BCUT2D eigenvalue weighted by atomic mass is 9.91. The summed E-state index contributed by atoms with van der Waals surface area (Å²) in [5.41, 5.74) is 2.67. The zero-order valence-electron chi connectivity index (χ0n) is 11.4. The molecule has 1 aliphatic heterocycles. The molecule has 1 aromatic rings. The summed E-state index contributed by atoms with van der Waals surface area (Å²) in [5, 5.41) is 3.36. The first-order valence-electron chi connectivity index (χ1n) is 6.99. The SMILES string of the molecule is CC(C)CCCC(=O)C1Cc2ccccc2CN1. The molecule has 0 saturated heterocycles. The van der Waals surface area contributed by atoms with E-state index in [1.807, 2.05) is 0 Å². The first-order valence-corrected chi connectivity index (χ1v) is 6.99. The number of rotatable bonds is 5. The van der Waals surface area contributed by atoms with Crippen LogP contribution >= 0.6 is 0 Å². The summed E-state index contributed by atoms with van der Waals surface area (Å²) < 4.78 is 0. The van der Waals surface area contributed by atoms with Gasteiger partial charge in [-0.1, -0.05) is 44.5 Å². The summed E-state index contributed by atoms with van der Waals surface area (Å²) in [4.78, 5) is 12.1. The third-order valence-corrected chi connectivity index (χ3v) is 3.67. The number of hydrogen-bond acceptors (Lipinski definition) is 2. The molecule has 0 aliphatic carbocycles. The normalized spacial score (nSPS) is 18.7. The van der Waals surface area contributed by atoms with Crippen LogP contribution in [0.2, 0.25) is 0 Å². The van der Waals surface area contributed by atoms with E-state index in [4.69, 9.17) is 0 Å². The molecule has 0 radical (unpaired) electrons. The molecule has 0 aromatic heterocycles. The van der Waals surface area contributed by atoms with Crippen LogP contribution < -0.4 is 5.32 Å². The van der Waals surface area contributed by atoms with Crippen molar-refractivity contribution in [3.8, 4) is 0 Å². The van der Waals surface area contributed by atoms with Crippen molar-refractivity contribution >= 4 is 5.78 Å². The predicted octanol–water partition coefficient (Wildman–Crippen LogP) is 3.10. The lowest BCUT2D eigenvalue weighted by Gasteiger charge is -2.25. The van der Waals surface area contributed by atoms with Crippen molar-refractivity contribution in [1.29, 1.82) is 0 Å². The first-order chi connectivity index (χ1) is 8.66. The molecule has 1 unspecified atom stereocenters. The van der Waals surface area contributed by atoms with Crippen LogP contribution in [0.1, 0.15) is 44.2 Å². The molecular weight excluding hydrogens is 222 g/mol. The quantitative estimate of drug-likeness (QED) is 0.863. The van der Waals surface area contributed by atoms with Crippen molar-refractivity contribution in [3.05, 3.63) is 35.4 Å². The molecule has 0 spiro atoms. The van der Waals surface area contributed by atoms with Crippen LogP contribution in [-0.4, -0.2) is 11.8 Å². The Labute approximate surface area is 110 Å². The lowest BCUT2D eigenvalue weighted by Crippen LogP contribution is -2.41. The highest BCUT2D eigenvalue weighted by atomic mass is 16.1. The third kappa shape index (κ3) is 3.42. The minimum atomic E-state index is 0.0343. The summed E-state index contributed by atoms with van der Waals surface area (Å²) in [6.45, 7) is 5.25. The largest absolute Gasteiger partial charge is 0.303 e. The van der Waals surface area contributed by atoms with Crippen molar-refractivity contribution < 1.29 is 4.79 Å². The molecule has 18 heavy (non-hydrogen) atoms. The Kier molecular flexibility index (Phi) is 4.54. The van der Waals surface area contributed by atoms with Crippen LogP contribution in [0.3, 0.4) is 0 Å². The second-order valence-corrected chi connectivity index (χ2v) is 5.66. The van der Waals surface area contributed by atoms with Gasteiger partial charge in [-0.25, -0.2) is 0 Å². The maximum absolute atomic E-state index is 12.1. The van der Waals surface area contributed by atoms with Gasteiger partial charge in [0.25, 0.3) is 0 Å². The van der Waals surface area contributed by atoms with Crippen molar-refractivity contribution in [2.45, 2.75) is 52.1 Å². The van der Waals surface area contributed by atoms with Crippen LogP contribution in [-0.2, 0) is 17.8 Å². The van der Waals surface area contributed by atoms with E-state index in [-0.39, 0.29) is 6.04 Å². The van der Waals surface area contributed by atoms with Gasteiger partial charge in [0.05, 0.1) is 6.04 Å². The number of fused-ring (bicyclic) bond motifs is 1.